The van der Waals surface area contributed by atoms with Crippen molar-refractivity contribution in [3.8, 4) is 11.5 Å². The number of nitrogens with zero attached hydrogens (tertiary/aromatic N) is 3. The second kappa shape index (κ2) is 7.46. The van der Waals surface area contributed by atoms with Crippen LogP contribution in [0.15, 0.2) is 68.2 Å². The Labute approximate surface area is 155 Å². The Morgan fingerprint density at radius 1 is 1.11 bits per heavy atom. The van der Waals surface area contributed by atoms with Gasteiger partial charge in [-0.15, -0.1) is 5.11 Å². The van der Waals surface area contributed by atoms with Crippen molar-refractivity contribution in [2.75, 3.05) is 11.8 Å². The lowest BCUT2D eigenvalue weighted by Gasteiger charge is -2.05. The number of phenolic OH excluding ortho intramolecular Hbond substituents is 1. The lowest BCUT2D eigenvalue weighted by atomic mass is 10.3. The van der Waals surface area contributed by atoms with Gasteiger partial charge >= 0.3 is 0 Å². The van der Waals surface area contributed by atoms with E-state index in [1.165, 1.54) is 49.6 Å². The zero-order chi connectivity index (χ0) is 19.4. The topological polar surface area (TPSA) is 126 Å². The number of azo groups is 1. The molecule has 1 aromatic heterocycles. The second-order valence-corrected chi connectivity index (χ2v) is 7.16. The molecule has 0 aliphatic rings. The summed E-state index contributed by atoms with van der Waals surface area (Å²) in [7, 11) is -2.30. The molecule has 0 fully saturated rings. The molecule has 0 radical (unpaired) electrons. The van der Waals surface area contributed by atoms with Gasteiger partial charge < -0.3 is 14.4 Å². The van der Waals surface area contributed by atoms with Gasteiger partial charge in [0.2, 0.25) is 0 Å². The van der Waals surface area contributed by atoms with Gasteiger partial charge in [0.05, 0.1) is 17.7 Å². The Bertz CT molecular complexity index is 1070. The molecular weight excluding hydrogens is 372 g/mol. The van der Waals surface area contributed by atoms with Crippen molar-refractivity contribution < 1.29 is 22.8 Å². The third-order valence-corrected chi connectivity index (χ3v) is 4.84. The fourth-order valence-corrected chi connectivity index (χ4v) is 3.11. The van der Waals surface area contributed by atoms with E-state index in [4.69, 9.17) is 9.26 Å². The zero-order valence-corrected chi connectivity index (χ0v) is 15.3. The van der Waals surface area contributed by atoms with Crippen molar-refractivity contribution in [1.82, 2.24) is 5.16 Å². The molecule has 0 saturated heterocycles. The van der Waals surface area contributed by atoms with E-state index < -0.39 is 10.0 Å². The van der Waals surface area contributed by atoms with Crippen molar-refractivity contribution in [1.29, 1.82) is 0 Å². The lowest BCUT2D eigenvalue weighted by Crippen LogP contribution is -2.12. The van der Waals surface area contributed by atoms with Crippen LogP contribution in [0.4, 0.5) is 17.2 Å². The number of benzene rings is 2. The first-order valence-electron chi connectivity index (χ1n) is 7.72. The van der Waals surface area contributed by atoms with Crippen LogP contribution in [-0.4, -0.2) is 25.8 Å². The van der Waals surface area contributed by atoms with Gasteiger partial charge in [-0.1, -0.05) is 5.16 Å². The predicted octanol–water partition coefficient (Wildman–Crippen LogP) is 3.91. The predicted molar refractivity (Wildman–Crippen MR) is 97.3 cm³/mol. The Morgan fingerprint density at radius 2 is 1.85 bits per heavy atom. The van der Waals surface area contributed by atoms with Crippen LogP contribution < -0.4 is 9.46 Å². The number of nitrogens with one attached hydrogen (secondary N) is 1. The fourth-order valence-electron chi connectivity index (χ4n) is 2.12. The number of sulfonamides is 1. The molecule has 140 valence electrons. The molecule has 0 spiro atoms. The van der Waals surface area contributed by atoms with Crippen LogP contribution in [0, 0.1) is 6.92 Å². The van der Waals surface area contributed by atoms with Crippen molar-refractivity contribution in [2.24, 2.45) is 10.2 Å². The number of hydrogen-bond donors (Lipinski definition) is 2. The maximum absolute atomic E-state index is 12.3. The number of ether oxygens (including phenoxy) is 1. The molecule has 0 saturated carbocycles. The summed E-state index contributed by atoms with van der Waals surface area (Å²) in [6.07, 6.45) is 0. The van der Waals surface area contributed by atoms with Crippen molar-refractivity contribution in [3.05, 3.63) is 54.3 Å². The second-order valence-electron chi connectivity index (χ2n) is 5.48. The molecule has 0 amide bonds. The highest BCUT2D eigenvalue weighted by atomic mass is 32.2. The monoisotopic (exact) mass is 388 g/mol. The number of hydrogen-bond acceptors (Lipinski definition) is 8. The van der Waals surface area contributed by atoms with E-state index in [0.717, 1.165) is 0 Å². The minimum Gasteiger partial charge on any atom is -0.506 e. The van der Waals surface area contributed by atoms with E-state index in [1.54, 1.807) is 13.0 Å². The average Bonchev–Trinajstić information content (AvgIpc) is 3.05. The summed E-state index contributed by atoms with van der Waals surface area (Å²) in [6, 6.07) is 11.8. The Morgan fingerprint density at radius 3 is 2.48 bits per heavy atom. The minimum absolute atomic E-state index is 0.0336. The smallest absolute Gasteiger partial charge is 0.263 e. The van der Waals surface area contributed by atoms with Gasteiger partial charge in [-0.3, -0.25) is 4.72 Å². The van der Waals surface area contributed by atoms with Crippen LogP contribution in [-0.2, 0) is 10.0 Å². The summed E-state index contributed by atoms with van der Waals surface area (Å²) in [4.78, 5) is 0.0336. The van der Waals surface area contributed by atoms with E-state index >= 15 is 0 Å². The van der Waals surface area contributed by atoms with E-state index in [9.17, 15) is 13.5 Å². The van der Waals surface area contributed by atoms with Gasteiger partial charge in [0, 0.05) is 12.1 Å². The average molecular weight is 388 g/mol. The highest BCUT2D eigenvalue weighted by molar-refractivity contribution is 7.92. The summed E-state index contributed by atoms with van der Waals surface area (Å²) in [5.41, 5.74) is 0.641. The summed E-state index contributed by atoms with van der Waals surface area (Å²) in [5.74, 6) is 1.07. The highest BCUT2D eigenvalue weighted by Gasteiger charge is 2.16. The molecule has 0 atom stereocenters. The van der Waals surface area contributed by atoms with Crippen molar-refractivity contribution >= 4 is 27.2 Å². The molecule has 10 heteroatoms. The standard InChI is InChI=1S/C17H16N4O5S/c1-11-9-17(20-26-11)21-27(23,24)14-6-3-12(4-7-14)18-19-15-10-13(25-2)5-8-16(15)22/h3-10,22H,1-2H3,(H,20,21). The van der Waals surface area contributed by atoms with E-state index in [0.29, 0.717) is 17.2 Å². The first-order chi connectivity index (χ1) is 12.9. The van der Waals surface area contributed by atoms with Gasteiger partial charge in [-0.2, -0.15) is 5.11 Å². The Balaban J connectivity index is 1.77. The van der Waals surface area contributed by atoms with Crippen LogP contribution in [0.1, 0.15) is 5.76 Å². The summed E-state index contributed by atoms with van der Waals surface area (Å²) in [5, 5.41) is 21.3. The number of methoxy groups -OCH3 is 1. The quantitative estimate of drug-likeness (QED) is 0.616. The molecule has 2 aromatic carbocycles. The Hall–Kier alpha value is -3.40. The van der Waals surface area contributed by atoms with Crippen LogP contribution in [0.2, 0.25) is 0 Å². The molecule has 0 unspecified atom stereocenters. The summed E-state index contributed by atoms with van der Waals surface area (Å²) in [6.45, 7) is 1.66. The molecule has 27 heavy (non-hydrogen) atoms. The third-order valence-electron chi connectivity index (χ3n) is 3.47. The molecular formula is C17H16N4O5S. The van der Waals surface area contributed by atoms with Gasteiger partial charge in [0.1, 0.15) is 22.9 Å². The van der Waals surface area contributed by atoms with Gasteiger partial charge in [-0.25, -0.2) is 8.42 Å². The normalized spacial score (nSPS) is 11.6. The summed E-state index contributed by atoms with van der Waals surface area (Å²) < 4.78 is 36.9. The number of aromatic hydroxyl groups is 1. The van der Waals surface area contributed by atoms with Crippen molar-refractivity contribution in [3.63, 3.8) is 0 Å². The lowest BCUT2D eigenvalue weighted by molar-refractivity contribution is 0.400. The zero-order valence-electron chi connectivity index (χ0n) is 14.4. The van der Waals surface area contributed by atoms with Crippen LogP contribution in [0.25, 0.3) is 0 Å². The van der Waals surface area contributed by atoms with E-state index in [-0.39, 0.29) is 22.2 Å². The van der Waals surface area contributed by atoms with Crippen LogP contribution >= 0.6 is 0 Å². The molecule has 0 aliphatic heterocycles. The number of aromatic nitrogens is 1. The van der Waals surface area contributed by atoms with Gasteiger partial charge in [0.15, 0.2) is 5.82 Å². The molecule has 9 nitrogen and oxygen atoms in total. The Kier molecular flexibility index (Phi) is 5.08. The fraction of sp³-hybridized carbons (Fsp3) is 0.118. The van der Waals surface area contributed by atoms with Gasteiger partial charge in [-0.05, 0) is 43.3 Å². The largest absolute Gasteiger partial charge is 0.506 e. The number of anilines is 1. The highest BCUT2D eigenvalue weighted by Crippen LogP contribution is 2.32. The summed E-state index contributed by atoms with van der Waals surface area (Å²) >= 11 is 0. The SMILES string of the molecule is COc1ccc(O)c(N=Nc2ccc(S(=O)(=O)Nc3cc(C)on3)cc2)c1. The maximum atomic E-state index is 12.3. The molecule has 0 aliphatic carbocycles. The first-order valence-corrected chi connectivity index (χ1v) is 9.20. The molecule has 0 bridgehead atoms. The van der Waals surface area contributed by atoms with E-state index in [2.05, 4.69) is 20.1 Å². The first kappa shape index (κ1) is 18.4. The number of aryl methyl sites for hydroxylation is 1. The number of rotatable bonds is 6. The molecule has 3 aromatic rings. The van der Waals surface area contributed by atoms with Crippen LogP contribution in [0.3, 0.4) is 0 Å². The maximum Gasteiger partial charge on any atom is 0.263 e. The third kappa shape index (κ3) is 4.42. The van der Waals surface area contributed by atoms with Crippen molar-refractivity contribution in [2.45, 2.75) is 11.8 Å². The minimum atomic E-state index is -3.80. The van der Waals surface area contributed by atoms with Crippen LogP contribution in [0.5, 0.6) is 11.5 Å². The molecule has 3 rings (SSSR count). The number of phenols is 1. The molecule has 1 heterocycles. The molecule has 2 N–H and O–H groups in total. The van der Waals surface area contributed by atoms with E-state index in [1.807, 2.05) is 0 Å². The van der Waals surface area contributed by atoms with Gasteiger partial charge in [0.25, 0.3) is 10.0 Å².